The van der Waals surface area contributed by atoms with Crippen LogP contribution < -0.4 is 5.32 Å². The Kier molecular flexibility index (Phi) is 5.76. The number of rotatable bonds is 6. The molecule has 2 atom stereocenters. The molecule has 2 heterocycles. The minimum absolute atomic E-state index is 0.551. The van der Waals surface area contributed by atoms with Gasteiger partial charge in [0.05, 0.1) is 6.54 Å². The molecule has 1 fully saturated rings. The molecular weight excluding hydrogens is 262 g/mol. The Labute approximate surface area is 129 Å². The molecule has 0 saturated carbocycles. The van der Waals surface area contributed by atoms with Crippen LogP contribution in [-0.2, 0) is 13.1 Å². The van der Waals surface area contributed by atoms with Gasteiger partial charge in [0.2, 0.25) is 0 Å². The van der Waals surface area contributed by atoms with Crippen molar-refractivity contribution >= 4 is 0 Å². The maximum absolute atomic E-state index is 4.49. The first-order valence-electron chi connectivity index (χ1n) is 8.29. The van der Waals surface area contributed by atoms with Crippen molar-refractivity contribution in [2.75, 3.05) is 13.1 Å². The third-order valence-electron chi connectivity index (χ3n) is 4.05. The quantitative estimate of drug-likeness (QED) is 0.873. The van der Waals surface area contributed by atoms with Gasteiger partial charge in [0, 0.05) is 31.7 Å². The first-order valence-corrected chi connectivity index (χ1v) is 8.29. The van der Waals surface area contributed by atoms with Crippen LogP contribution in [0.15, 0.2) is 6.33 Å². The summed E-state index contributed by atoms with van der Waals surface area (Å²) < 4.78 is 2.07. The standard InChI is InChI=1S/C16H31N5/c1-12(2)6-15-7-17-14(5)9-20(15)10-16-18-11-19-21(16)8-13(3)4/h11-15,17H,6-10H2,1-5H3. The van der Waals surface area contributed by atoms with Crippen molar-refractivity contribution in [1.82, 2.24) is 25.0 Å². The predicted molar refractivity (Wildman–Crippen MR) is 86.0 cm³/mol. The van der Waals surface area contributed by atoms with Gasteiger partial charge in [-0.3, -0.25) is 4.90 Å². The number of aromatic nitrogens is 3. The highest BCUT2D eigenvalue weighted by Crippen LogP contribution is 2.18. The summed E-state index contributed by atoms with van der Waals surface area (Å²) in [5.41, 5.74) is 0. The average molecular weight is 293 g/mol. The molecule has 1 saturated heterocycles. The Morgan fingerprint density at radius 1 is 1.29 bits per heavy atom. The lowest BCUT2D eigenvalue weighted by molar-refractivity contribution is 0.106. The second-order valence-electron chi connectivity index (χ2n) is 7.27. The summed E-state index contributed by atoms with van der Waals surface area (Å²) >= 11 is 0. The second-order valence-corrected chi connectivity index (χ2v) is 7.27. The maximum atomic E-state index is 4.49. The third kappa shape index (κ3) is 4.78. The Morgan fingerprint density at radius 2 is 2.05 bits per heavy atom. The molecule has 2 unspecified atom stereocenters. The van der Waals surface area contributed by atoms with Crippen LogP contribution in [0.25, 0.3) is 0 Å². The zero-order valence-electron chi connectivity index (χ0n) is 14.2. The summed E-state index contributed by atoms with van der Waals surface area (Å²) in [6, 6.07) is 1.15. The number of hydrogen-bond donors (Lipinski definition) is 1. The number of nitrogens with zero attached hydrogens (tertiary/aromatic N) is 4. The molecule has 0 bridgehead atoms. The van der Waals surface area contributed by atoms with E-state index in [4.69, 9.17) is 0 Å². The van der Waals surface area contributed by atoms with Gasteiger partial charge in [-0.1, -0.05) is 27.7 Å². The molecule has 0 radical (unpaired) electrons. The van der Waals surface area contributed by atoms with Gasteiger partial charge in [-0.25, -0.2) is 9.67 Å². The van der Waals surface area contributed by atoms with E-state index in [9.17, 15) is 0 Å². The van der Waals surface area contributed by atoms with Crippen molar-refractivity contribution in [2.45, 2.75) is 66.2 Å². The molecule has 21 heavy (non-hydrogen) atoms. The lowest BCUT2D eigenvalue weighted by Gasteiger charge is -2.40. The van der Waals surface area contributed by atoms with E-state index in [0.717, 1.165) is 37.9 Å². The maximum Gasteiger partial charge on any atom is 0.141 e. The molecule has 0 aliphatic carbocycles. The van der Waals surface area contributed by atoms with Crippen LogP contribution in [0.5, 0.6) is 0 Å². The Morgan fingerprint density at radius 3 is 2.71 bits per heavy atom. The van der Waals surface area contributed by atoms with Gasteiger partial charge in [-0.15, -0.1) is 0 Å². The van der Waals surface area contributed by atoms with Gasteiger partial charge < -0.3 is 5.32 Å². The highest BCUT2D eigenvalue weighted by molar-refractivity contribution is 4.91. The van der Waals surface area contributed by atoms with Crippen LogP contribution in [0.3, 0.4) is 0 Å². The van der Waals surface area contributed by atoms with Crippen LogP contribution >= 0.6 is 0 Å². The van der Waals surface area contributed by atoms with E-state index in [0.29, 0.717) is 18.0 Å². The molecule has 2 rings (SSSR count). The molecule has 0 amide bonds. The molecule has 0 spiro atoms. The van der Waals surface area contributed by atoms with Crippen LogP contribution in [-0.4, -0.2) is 44.8 Å². The summed E-state index contributed by atoms with van der Waals surface area (Å²) in [5.74, 6) is 2.42. The summed E-state index contributed by atoms with van der Waals surface area (Å²) in [4.78, 5) is 7.08. The van der Waals surface area contributed by atoms with E-state index in [1.165, 1.54) is 6.42 Å². The Balaban J connectivity index is 2.05. The van der Waals surface area contributed by atoms with E-state index in [2.05, 4.69) is 59.6 Å². The van der Waals surface area contributed by atoms with E-state index in [1.807, 2.05) is 0 Å². The summed E-state index contributed by atoms with van der Waals surface area (Å²) in [5, 5.41) is 8.00. The van der Waals surface area contributed by atoms with Crippen LogP contribution in [0.2, 0.25) is 0 Å². The lowest BCUT2D eigenvalue weighted by Crippen LogP contribution is -2.55. The monoisotopic (exact) mass is 293 g/mol. The van der Waals surface area contributed by atoms with E-state index < -0.39 is 0 Å². The smallest absolute Gasteiger partial charge is 0.141 e. The van der Waals surface area contributed by atoms with Crippen LogP contribution in [0, 0.1) is 11.8 Å². The molecule has 1 aromatic heterocycles. The van der Waals surface area contributed by atoms with E-state index in [1.54, 1.807) is 6.33 Å². The largest absolute Gasteiger partial charge is 0.311 e. The average Bonchev–Trinajstić information content (AvgIpc) is 2.79. The fraction of sp³-hybridized carbons (Fsp3) is 0.875. The second kappa shape index (κ2) is 7.36. The topological polar surface area (TPSA) is 46.0 Å². The van der Waals surface area contributed by atoms with Crippen molar-refractivity contribution < 1.29 is 0 Å². The van der Waals surface area contributed by atoms with Gasteiger partial charge >= 0.3 is 0 Å². The Hall–Kier alpha value is -0.940. The van der Waals surface area contributed by atoms with Gasteiger partial charge in [-0.2, -0.15) is 5.10 Å². The molecule has 120 valence electrons. The predicted octanol–water partition coefficient (Wildman–Crippen LogP) is 2.14. The van der Waals surface area contributed by atoms with Crippen molar-refractivity contribution in [3.05, 3.63) is 12.2 Å². The normalized spacial score (nSPS) is 24.1. The van der Waals surface area contributed by atoms with Gasteiger partial charge in [0.15, 0.2) is 0 Å². The molecule has 1 aliphatic heterocycles. The van der Waals surface area contributed by atoms with Gasteiger partial charge in [0.25, 0.3) is 0 Å². The highest BCUT2D eigenvalue weighted by Gasteiger charge is 2.27. The van der Waals surface area contributed by atoms with Crippen LogP contribution in [0.4, 0.5) is 0 Å². The molecule has 5 nitrogen and oxygen atoms in total. The number of hydrogen-bond acceptors (Lipinski definition) is 4. The first-order chi connectivity index (χ1) is 9.95. The lowest BCUT2D eigenvalue weighted by atomic mass is 9.99. The summed E-state index contributed by atoms with van der Waals surface area (Å²) in [6.07, 6.45) is 2.93. The molecule has 0 aromatic carbocycles. The first kappa shape index (κ1) is 16.4. The summed E-state index contributed by atoms with van der Waals surface area (Å²) in [6.45, 7) is 15.3. The van der Waals surface area contributed by atoms with E-state index >= 15 is 0 Å². The fourth-order valence-corrected chi connectivity index (χ4v) is 3.09. The number of nitrogens with one attached hydrogen (secondary N) is 1. The van der Waals surface area contributed by atoms with Crippen molar-refractivity contribution in [1.29, 1.82) is 0 Å². The van der Waals surface area contributed by atoms with E-state index in [-0.39, 0.29) is 0 Å². The van der Waals surface area contributed by atoms with Crippen molar-refractivity contribution in [3.8, 4) is 0 Å². The zero-order chi connectivity index (χ0) is 15.4. The van der Waals surface area contributed by atoms with Crippen molar-refractivity contribution in [2.24, 2.45) is 11.8 Å². The minimum Gasteiger partial charge on any atom is -0.311 e. The Bertz CT molecular complexity index is 426. The summed E-state index contributed by atoms with van der Waals surface area (Å²) in [7, 11) is 0. The SMILES string of the molecule is CC(C)CC1CNC(C)CN1Cc1ncnn1CC(C)C. The molecule has 5 heteroatoms. The van der Waals surface area contributed by atoms with Gasteiger partial charge in [0.1, 0.15) is 12.2 Å². The molecule has 1 N–H and O–H groups in total. The molecular formula is C16H31N5. The molecule has 1 aromatic rings. The fourth-order valence-electron chi connectivity index (χ4n) is 3.09. The molecule has 1 aliphatic rings. The highest BCUT2D eigenvalue weighted by atomic mass is 15.4. The van der Waals surface area contributed by atoms with Crippen LogP contribution in [0.1, 0.15) is 46.9 Å². The number of piperazine rings is 1. The zero-order valence-corrected chi connectivity index (χ0v) is 14.2. The van der Waals surface area contributed by atoms with Crippen molar-refractivity contribution in [3.63, 3.8) is 0 Å². The van der Waals surface area contributed by atoms with Gasteiger partial charge in [-0.05, 0) is 25.2 Å². The minimum atomic E-state index is 0.551. The third-order valence-corrected chi connectivity index (χ3v) is 4.05.